The zero-order valence-electron chi connectivity index (χ0n) is 11.0. The highest BCUT2D eigenvalue weighted by Crippen LogP contribution is 2.32. The van der Waals surface area contributed by atoms with E-state index in [2.05, 4.69) is 4.98 Å². The predicted octanol–water partition coefficient (Wildman–Crippen LogP) is -1.54. The topological polar surface area (TPSA) is 131 Å². The molecule has 116 valence electrons. The lowest BCUT2D eigenvalue weighted by Crippen LogP contribution is -2.33. The van der Waals surface area contributed by atoms with Gasteiger partial charge in [-0.25, -0.2) is 9.18 Å². The summed E-state index contributed by atoms with van der Waals surface area (Å²) in [5, 5.41) is 28.0. The van der Waals surface area contributed by atoms with Gasteiger partial charge in [0.2, 0.25) is 0 Å². The van der Waals surface area contributed by atoms with Crippen molar-refractivity contribution in [1.29, 1.82) is 0 Å². The fourth-order valence-corrected chi connectivity index (χ4v) is 2.19. The van der Waals surface area contributed by atoms with Crippen LogP contribution in [0.15, 0.2) is 22.9 Å². The molecule has 1 aromatic rings. The molecule has 21 heavy (non-hydrogen) atoms. The number of anilines is 1. The number of aromatic nitrogens is 2. The van der Waals surface area contributed by atoms with E-state index in [1.54, 1.807) is 0 Å². The van der Waals surface area contributed by atoms with Crippen molar-refractivity contribution < 1.29 is 24.4 Å². The lowest BCUT2D eigenvalue weighted by Gasteiger charge is -2.18. The Morgan fingerprint density at radius 2 is 2.24 bits per heavy atom. The van der Waals surface area contributed by atoms with Gasteiger partial charge in [-0.05, 0) is 0 Å². The van der Waals surface area contributed by atoms with Crippen LogP contribution in [0.5, 0.6) is 0 Å². The molecule has 0 amide bonds. The van der Waals surface area contributed by atoms with Crippen LogP contribution < -0.4 is 11.4 Å². The van der Waals surface area contributed by atoms with Gasteiger partial charge in [0.25, 0.3) is 0 Å². The number of rotatable bonds is 4. The number of hydrogen-bond donors (Lipinski definition) is 4. The molecule has 3 atom stereocenters. The van der Waals surface area contributed by atoms with E-state index in [1.165, 1.54) is 6.20 Å². The fourth-order valence-electron chi connectivity index (χ4n) is 2.19. The second-order valence-corrected chi connectivity index (χ2v) is 4.57. The van der Waals surface area contributed by atoms with Gasteiger partial charge >= 0.3 is 5.69 Å². The Kier molecular flexibility index (Phi) is 4.68. The Bertz CT molecular complexity index is 603. The molecule has 0 aromatic carbocycles. The molecule has 0 bridgehead atoms. The number of nitrogens with two attached hydrogens (primary N) is 1. The third-order valence-electron chi connectivity index (χ3n) is 3.30. The van der Waals surface area contributed by atoms with Crippen molar-refractivity contribution in [3.63, 3.8) is 0 Å². The lowest BCUT2D eigenvalue weighted by atomic mass is 10.1. The number of aliphatic hydroxyl groups is 3. The van der Waals surface area contributed by atoms with Crippen LogP contribution in [0.25, 0.3) is 0 Å². The summed E-state index contributed by atoms with van der Waals surface area (Å²) in [5.41, 5.74) is 5.02. The van der Waals surface area contributed by atoms with E-state index in [9.17, 15) is 14.3 Å². The Hall–Kier alpha value is -1.81. The minimum Gasteiger partial charge on any atom is -0.396 e. The maximum absolute atomic E-state index is 12.8. The van der Waals surface area contributed by atoms with Crippen molar-refractivity contribution in [3.8, 4) is 0 Å². The van der Waals surface area contributed by atoms with Gasteiger partial charge < -0.3 is 25.8 Å². The van der Waals surface area contributed by atoms with Gasteiger partial charge in [0.1, 0.15) is 18.0 Å². The molecule has 5 N–H and O–H groups in total. The van der Waals surface area contributed by atoms with E-state index in [0.29, 0.717) is 5.56 Å². The van der Waals surface area contributed by atoms with Gasteiger partial charge in [0, 0.05) is 30.4 Å². The van der Waals surface area contributed by atoms with E-state index < -0.39 is 30.7 Å². The molecule has 0 spiro atoms. The molecule has 0 aliphatic carbocycles. The van der Waals surface area contributed by atoms with Gasteiger partial charge in [0.15, 0.2) is 6.23 Å². The molecule has 9 heteroatoms. The predicted molar refractivity (Wildman–Crippen MR) is 69.9 cm³/mol. The van der Waals surface area contributed by atoms with E-state index in [1.807, 2.05) is 0 Å². The number of halogens is 1. The van der Waals surface area contributed by atoms with Crippen LogP contribution in [0.1, 0.15) is 11.8 Å². The van der Waals surface area contributed by atoms with Gasteiger partial charge in [-0.1, -0.05) is 0 Å². The van der Waals surface area contributed by atoms with Crippen molar-refractivity contribution in [3.05, 3.63) is 34.1 Å². The van der Waals surface area contributed by atoms with Crippen molar-refractivity contribution in [2.45, 2.75) is 24.9 Å². The molecule has 2 heterocycles. The lowest BCUT2D eigenvalue weighted by molar-refractivity contribution is -0.0528. The number of aliphatic hydroxyl groups excluding tert-OH is 3. The van der Waals surface area contributed by atoms with Crippen LogP contribution in [0, 0.1) is 0 Å². The molecule has 2 rings (SSSR count). The Balaban J connectivity index is 2.42. The smallest absolute Gasteiger partial charge is 0.351 e. The molecule has 1 aromatic heterocycles. The Labute approximate surface area is 118 Å². The van der Waals surface area contributed by atoms with Gasteiger partial charge in [-0.2, -0.15) is 4.98 Å². The largest absolute Gasteiger partial charge is 0.396 e. The van der Waals surface area contributed by atoms with Crippen molar-refractivity contribution in [2.75, 3.05) is 18.9 Å². The van der Waals surface area contributed by atoms with Crippen molar-refractivity contribution in [2.24, 2.45) is 0 Å². The molecule has 1 aliphatic heterocycles. The number of nitrogen functional groups attached to an aromatic ring is 1. The highest BCUT2D eigenvalue weighted by atomic mass is 19.1. The Morgan fingerprint density at radius 1 is 1.52 bits per heavy atom. The first kappa shape index (κ1) is 15.6. The molecule has 3 unspecified atom stereocenters. The quantitative estimate of drug-likeness (QED) is 0.530. The van der Waals surface area contributed by atoms with Crippen LogP contribution in [-0.2, 0) is 11.2 Å². The van der Waals surface area contributed by atoms with Crippen molar-refractivity contribution >= 4 is 5.82 Å². The molecule has 8 nitrogen and oxygen atoms in total. The second kappa shape index (κ2) is 6.31. The normalized spacial score (nSPS) is 27.4. The molecule has 1 aliphatic rings. The van der Waals surface area contributed by atoms with Crippen LogP contribution in [-0.4, -0.2) is 50.3 Å². The minimum atomic E-state index is -1.43. The van der Waals surface area contributed by atoms with E-state index in [4.69, 9.17) is 20.7 Å². The second-order valence-electron chi connectivity index (χ2n) is 4.57. The van der Waals surface area contributed by atoms with E-state index in [0.717, 1.165) is 4.57 Å². The first-order valence-electron chi connectivity index (χ1n) is 6.26. The maximum atomic E-state index is 12.8. The van der Waals surface area contributed by atoms with E-state index >= 15 is 0 Å². The molecule has 0 saturated carbocycles. The van der Waals surface area contributed by atoms with Crippen molar-refractivity contribution in [1.82, 2.24) is 9.55 Å². The molecule has 1 fully saturated rings. The van der Waals surface area contributed by atoms with Gasteiger partial charge in [-0.3, -0.25) is 4.57 Å². The molecule has 1 saturated heterocycles. The summed E-state index contributed by atoms with van der Waals surface area (Å²) >= 11 is 0. The van der Waals surface area contributed by atoms with Crippen LogP contribution >= 0.6 is 0 Å². The van der Waals surface area contributed by atoms with Crippen LogP contribution in [0.4, 0.5) is 10.2 Å². The molecular formula is C12H16FN3O5. The molecule has 0 radical (unpaired) electrons. The average Bonchev–Trinajstić information content (AvgIpc) is 2.78. The first-order valence-corrected chi connectivity index (χ1v) is 6.26. The van der Waals surface area contributed by atoms with Crippen LogP contribution in [0.2, 0.25) is 0 Å². The summed E-state index contributed by atoms with van der Waals surface area (Å²) in [4.78, 5) is 15.4. The standard InChI is InChI=1S/C12H16FN3O5/c13-3-7-8(5-18)21-11(9(7)19)16-4-6(1-2-17)10(14)15-12(16)20/h3-4,8-9,11,17-19H,1-2,5H2,(H2,14,15,20). The number of hydrogen-bond acceptors (Lipinski definition) is 7. The minimum absolute atomic E-state index is 0.0299. The van der Waals surface area contributed by atoms with E-state index in [-0.39, 0.29) is 30.7 Å². The average molecular weight is 301 g/mol. The Morgan fingerprint density at radius 3 is 2.76 bits per heavy atom. The number of ether oxygens (including phenoxy) is 1. The maximum Gasteiger partial charge on any atom is 0.351 e. The van der Waals surface area contributed by atoms with Gasteiger partial charge in [-0.15, -0.1) is 0 Å². The highest BCUT2D eigenvalue weighted by molar-refractivity contribution is 5.37. The van der Waals surface area contributed by atoms with Gasteiger partial charge in [0.05, 0.1) is 12.9 Å². The summed E-state index contributed by atoms with van der Waals surface area (Å²) in [6.07, 6.45) is -2.09. The summed E-state index contributed by atoms with van der Waals surface area (Å²) < 4.78 is 19.0. The zero-order chi connectivity index (χ0) is 15.6. The third-order valence-corrected chi connectivity index (χ3v) is 3.30. The summed E-state index contributed by atoms with van der Waals surface area (Å²) in [6.45, 7) is -0.739. The summed E-state index contributed by atoms with van der Waals surface area (Å²) in [5.74, 6) is -0.0299. The third kappa shape index (κ3) is 2.81. The monoisotopic (exact) mass is 301 g/mol. The SMILES string of the molecule is Nc1nc(=O)n(C2OC(CO)C(=CF)C2O)cc1CCO. The molecular weight excluding hydrogens is 285 g/mol. The fraction of sp³-hybridized carbons (Fsp3) is 0.500. The van der Waals surface area contributed by atoms with Crippen LogP contribution in [0.3, 0.4) is 0 Å². The summed E-state index contributed by atoms with van der Waals surface area (Å²) in [7, 11) is 0. The highest BCUT2D eigenvalue weighted by Gasteiger charge is 2.40. The summed E-state index contributed by atoms with van der Waals surface area (Å²) in [6, 6.07) is 0. The number of nitrogens with zero attached hydrogens (tertiary/aromatic N) is 2. The first-order chi connectivity index (χ1) is 10.0. The zero-order valence-corrected chi connectivity index (χ0v) is 11.0.